The maximum Gasteiger partial charge on any atom is 0.332 e. The van der Waals surface area contributed by atoms with Gasteiger partial charge in [0.05, 0.1) is 18.6 Å². The summed E-state index contributed by atoms with van der Waals surface area (Å²) in [6.45, 7) is -1.04. The molecule has 0 unspecified atom stereocenters. The van der Waals surface area contributed by atoms with E-state index in [1.807, 2.05) is 54.6 Å². The van der Waals surface area contributed by atoms with Crippen molar-refractivity contribution in [1.82, 2.24) is 10.6 Å². The number of aliphatic hydroxyl groups is 4. The van der Waals surface area contributed by atoms with Crippen LogP contribution in [0, 0.1) is 0 Å². The topological polar surface area (TPSA) is 176 Å². The summed E-state index contributed by atoms with van der Waals surface area (Å²) in [5.41, 5.74) is 2.86. The summed E-state index contributed by atoms with van der Waals surface area (Å²) in [6.07, 6.45) is -4.64. The summed E-state index contributed by atoms with van der Waals surface area (Å²) in [7, 11) is 0. The summed E-state index contributed by atoms with van der Waals surface area (Å²) < 4.78 is 0. The first-order chi connectivity index (χ1) is 16.7. The number of nitrogens with one attached hydrogen (secondary N) is 2. The molecule has 190 valence electrons. The van der Waals surface area contributed by atoms with Gasteiger partial charge in [0.25, 0.3) is 0 Å². The zero-order valence-electron chi connectivity index (χ0n) is 19.2. The standard InChI is InChI=1S/C25H32N2O8/c28-15-24(33)27-19(10-11-20(29)25(34)35)13-21(30)22(31)14-26-23(32)12-16-6-8-18(9-7-16)17-4-2-1-3-5-17/h1-9,19-22,28-31H,10-15H2,(H,26,32)(H,27,33)(H,34,35)/t19-,20-,21+,22-/m1/s1. The fourth-order valence-electron chi connectivity index (χ4n) is 3.50. The number of aliphatic carboxylic acids is 1. The van der Waals surface area contributed by atoms with Crippen molar-refractivity contribution in [2.75, 3.05) is 13.2 Å². The molecule has 35 heavy (non-hydrogen) atoms. The third-order valence-corrected chi connectivity index (χ3v) is 5.49. The molecule has 10 nitrogen and oxygen atoms in total. The molecule has 0 aliphatic carbocycles. The number of carboxylic acids is 1. The molecular formula is C25H32N2O8. The van der Waals surface area contributed by atoms with Crippen LogP contribution in [0.4, 0.5) is 0 Å². The minimum Gasteiger partial charge on any atom is -0.479 e. The Kier molecular flexibility index (Phi) is 11.3. The van der Waals surface area contributed by atoms with Crippen LogP contribution in [-0.2, 0) is 20.8 Å². The third kappa shape index (κ3) is 9.83. The molecule has 0 saturated heterocycles. The van der Waals surface area contributed by atoms with Gasteiger partial charge in [0.15, 0.2) is 6.10 Å². The maximum absolute atomic E-state index is 12.3. The van der Waals surface area contributed by atoms with Crippen molar-refractivity contribution in [1.29, 1.82) is 0 Å². The largest absolute Gasteiger partial charge is 0.479 e. The number of hydrogen-bond donors (Lipinski definition) is 7. The van der Waals surface area contributed by atoms with Gasteiger partial charge >= 0.3 is 5.97 Å². The average molecular weight is 489 g/mol. The van der Waals surface area contributed by atoms with Crippen LogP contribution in [0.5, 0.6) is 0 Å². The van der Waals surface area contributed by atoms with Gasteiger partial charge in [-0.15, -0.1) is 0 Å². The third-order valence-electron chi connectivity index (χ3n) is 5.49. The molecule has 0 aromatic heterocycles. The highest BCUT2D eigenvalue weighted by atomic mass is 16.4. The SMILES string of the molecule is O=C(Cc1ccc(-c2ccccc2)cc1)NC[C@@H](O)[C@@H](O)C[C@@H](CC[C@@H](O)C(=O)O)NC(=O)CO. The first kappa shape index (κ1) is 27.9. The van der Waals surface area contributed by atoms with Gasteiger partial charge in [-0.3, -0.25) is 9.59 Å². The minimum atomic E-state index is -1.65. The maximum atomic E-state index is 12.3. The molecule has 0 aliphatic rings. The highest BCUT2D eigenvalue weighted by Crippen LogP contribution is 2.19. The Bertz CT molecular complexity index is 952. The Morgan fingerprint density at radius 3 is 2.03 bits per heavy atom. The predicted octanol–water partition coefficient (Wildman–Crippen LogP) is -0.173. The van der Waals surface area contributed by atoms with E-state index in [1.54, 1.807) is 0 Å². The van der Waals surface area contributed by atoms with Crippen LogP contribution < -0.4 is 10.6 Å². The Labute approximate surface area is 203 Å². The number of carboxylic acid groups (broad SMARTS) is 1. The second-order valence-electron chi connectivity index (χ2n) is 8.27. The van der Waals surface area contributed by atoms with E-state index in [0.29, 0.717) is 0 Å². The second kappa shape index (κ2) is 14.2. The molecule has 10 heteroatoms. The van der Waals surface area contributed by atoms with Crippen molar-refractivity contribution in [3.05, 3.63) is 60.2 Å². The Hall–Kier alpha value is -3.31. The van der Waals surface area contributed by atoms with Crippen molar-refractivity contribution < 1.29 is 39.9 Å². The van der Waals surface area contributed by atoms with E-state index >= 15 is 0 Å². The van der Waals surface area contributed by atoms with Gasteiger partial charge in [-0.2, -0.15) is 0 Å². The van der Waals surface area contributed by atoms with Crippen LogP contribution in [0.25, 0.3) is 11.1 Å². The molecule has 4 atom stereocenters. The first-order valence-electron chi connectivity index (χ1n) is 11.3. The van der Waals surface area contributed by atoms with Crippen LogP contribution in [-0.4, -0.2) is 80.8 Å². The van der Waals surface area contributed by atoms with E-state index in [9.17, 15) is 29.7 Å². The lowest BCUT2D eigenvalue weighted by molar-refractivity contribution is -0.147. The first-order valence-corrected chi connectivity index (χ1v) is 11.3. The molecular weight excluding hydrogens is 456 g/mol. The van der Waals surface area contributed by atoms with Crippen LogP contribution in [0.1, 0.15) is 24.8 Å². The van der Waals surface area contributed by atoms with Gasteiger partial charge in [0, 0.05) is 12.6 Å². The number of carbonyl (C=O) groups is 3. The van der Waals surface area contributed by atoms with Gasteiger partial charge in [-0.05, 0) is 36.0 Å². The number of hydrogen-bond acceptors (Lipinski definition) is 7. The normalized spacial score (nSPS) is 14.4. The Balaban J connectivity index is 1.82. The second-order valence-corrected chi connectivity index (χ2v) is 8.27. The van der Waals surface area contributed by atoms with E-state index in [2.05, 4.69) is 10.6 Å². The molecule has 0 heterocycles. The van der Waals surface area contributed by atoms with Crippen molar-refractivity contribution >= 4 is 17.8 Å². The van der Waals surface area contributed by atoms with Crippen molar-refractivity contribution in [2.24, 2.45) is 0 Å². The van der Waals surface area contributed by atoms with Crippen molar-refractivity contribution in [3.63, 3.8) is 0 Å². The van der Waals surface area contributed by atoms with Crippen molar-refractivity contribution in [3.8, 4) is 11.1 Å². The Morgan fingerprint density at radius 1 is 0.800 bits per heavy atom. The van der Waals surface area contributed by atoms with E-state index in [1.165, 1.54) is 0 Å². The zero-order chi connectivity index (χ0) is 25.8. The highest BCUT2D eigenvalue weighted by molar-refractivity contribution is 5.79. The Morgan fingerprint density at radius 2 is 1.43 bits per heavy atom. The summed E-state index contributed by atoms with van der Waals surface area (Å²) >= 11 is 0. The van der Waals surface area contributed by atoms with E-state index in [-0.39, 0.29) is 38.1 Å². The molecule has 2 aromatic rings. The van der Waals surface area contributed by atoms with E-state index in [0.717, 1.165) is 16.7 Å². The average Bonchev–Trinajstić information content (AvgIpc) is 2.86. The molecule has 0 saturated carbocycles. The van der Waals surface area contributed by atoms with Crippen LogP contribution in [0.2, 0.25) is 0 Å². The number of amides is 2. The smallest absolute Gasteiger partial charge is 0.332 e. The molecule has 2 rings (SSSR count). The quantitative estimate of drug-likeness (QED) is 0.192. The molecule has 0 aliphatic heterocycles. The predicted molar refractivity (Wildman–Crippen MR) is 127 cm³/mol. The summed E-state index contributed by atoms with van der Waals surface area (Å²) in [4.78, 5) is 34.5. The summed E-state index contributed by atoms with van der Waals surface area (Å²) in [5, 5.41) is 52.6. The van der Waals surface area contributed by atoms with Gasteiger partial charge in [0.1, 0.15) is 6.61 Å². The van der Waals surface area contributed by atoms with Crippen LogP contribution in [0.3, 0.4) is 0 Å². The molecule has 0 fully saturated rings. The monoisotopic (exact) mass is 488 g/mol. The van der Waals surface area contributed by atoms with Crippen LogP contribution in [0.15, 0.2) is 54.6 Å². The number of aliphatic hydroxyl groups excluding tert-OH is 4. The molecule has 2 aromatic carbocycles. The molecule has 0 bridgehead atoms. The van der Waals surface area contributed by atoms with Gasteiger partial charge < -0.3 is 36.2 Å². The molecule has 2 amide bonds. The van der Waals surface area contributed by atoms with E-state index < -0.39 is 42.8 Å². The molecule has 0 spiro atoms. The van der Waals surface area contributed by atoms with E-state index in [4.69, 9.17) is 10.2 Å². The fraction of sp³-hybridized carbons (Fsp3) is 0.400. The van der Waals surface area contributed by atoms with Crippen molar-refractivity contribution in [2.45, 2.75) is 50.0 Å². The number of benzene rings is 2. The summed E-state index contributed by atoms with van der Waals surface area (Å²) in [5.74, 6) is -2.51. The zero-order valence-corrected chi connectivity index (χ0v) is 19.2. The summed E-state index contributed by atoms with van der Waals surface area (Å²) in [6, 6.07) is 16.5. The fourth-order valence-corrected chi connectivity index (χ4v) is 3.50. The lowest BCUT2D eigenvalue weighted by Crippen LogP contribution is -2.45. The molecule has 0 radical (unpaired) electrons. The van der Waals surface area contributed by atoms with Gasteiger partial charge in [0.2, 0.25) is 11.8 Å². The number of rotatable bonds is 14. The van der Waals surface area contributed by atoms with Gasteiger partial charge in [-0.1, -0.05) is 54.6 Å². The lowest BCUT2D eigenvalue weighted by Gasteiger charge is -2.25. The van der Waals surface area contributed by atoms with Crippen LogP contribution >= 0.6 is 0 Å². The lowest BCUT2D eigenvalue weighted by atomic mass is 9.99. The molecule has 7 N–H and O–H groups in total. The minimum absolute atomic E-state index is 0.00563. The van der Waals surface area contributed by atoms with Gasteiger partial charge in [-0.25, -0.2) is 4.79 Å². The number of carbonyl (C=O) groups excluding carboxylic acids is 2. The highest BCUT2D eigenvalue weighted by Gasteiger charge is 2.24.